The molecule has 0 unspecified atom stereocenters. The molecule has 0 saturated carbocycles. The normalized spacial score (nSPS) is 10.8. The summed E-state index contributed by atoms with van der Waals surface area (Å²) in [6.45, 7) is 2.35. The van der Waals surface area contributed by atoms with Crippen molar-refractivity contribution < 1.29 is 4.74 Å². The van der Waals surface area contributed by atoms with Crippen molar-refractivity contribution in [2.45, 2.75) is 13.5 Å². The van der Waals surface area contributed by atoms with Crippen LogP contribution in [0.1, 0.15) is 11.3 Å². The number of rotatable bonds is 3. The highest BCUT2D eigenvalue weighted by Gasteiger charge is 2.12. The van der Waals surface area contributed by atoms with E-state index in [0.29, 0.717) is 21.7 Å². The predicted octanol–water partition coefficient (Wildman–Crippen LogP) is 2.56. The lowest BCUT2D eigenvalue weighted by Gasteiger charge is -2.05. The Bertz CT molecular complexity index is 591. The third kappa shape index (κ3) is 2.58. The van der Waals surface area contributed by atoms with Crippen LogP contribution in [0.4, 0.5) is 0 Å². The summed E-state index contributed by atoms with van der Waals surface area (Å²) in [5, 5.41) is 1.98. The zero-order valence-corrected chi connectivity index (χ0v) is 12.4. The van der Waals surface area contributed by atoms with Crippen LogP contribution in [0.5, 0.6) is 0 Å². The molecule has 2 aromatic rings. The largest absolute Gasteiger partial charge is 0.378 e. The number of aromatic amines is 1. The van der Waals surface area contributed by atoms with Gasteiger partial charge < -0.3 is 9.72 Å². The van der Waals surface area contributed by atoms with Crippen molar-refractivity contribution in [2.24, 2.45) is 0 Å². The summed E-state index contributed by atoms with van der Waals surface area (Å²) in [7, 11) is 1.59. The van der Waals surface area contributed by atoms with E-state index in [1.165, 1.54) is 0 Å². The Balaban J connectivity index is 2.57. The Labute approximate surface area is 116 Å². The lowest BCUT2D eigenvalue weighted by Crippen LogP contribution is -2.16. The second-order valence-corrected chi connectivity index (χ2v) is 5.54. The first-order valence-electron chi connectivity index (χ1n) is 4.95. The smallest absolute Gasteiger partial charge is 0.264 e. The number of nitrogens with zero attached hydrogens (tertiary/aromatic N) is 1. The van der Waals surface area contributed by atoms with Crippen LogP contribution in [0, 0.1) is 10.5 Å². The van der Waals surface area contributed by atoms with Gasteiger partial charge in [0.2, 0.25) is 0 Å². The van der Waals surface area contributed by atoms with E-state index in [-0.39, 0.29) is 5.56 Å². The van der Waals surface area contributed by atoms with E-state index in [9.17, 15) is 4.79 Å². The fraction of sp³-hybridized carbons (Fsp3) is 0.273. The molecule has 0 fully saturated rings. The monoisotopic (exact) mass is 362 g/mol. The summed E-state index contributed by atoms with van der Waals surface area (Å²) in [5.74, 6) is 0.620. The number of halogens is 1. The number of nitrogens with one attached hydrogen (secondary N) is 1. The van der Waals surface area contributed by atoms with Gasteiger partial charge in [-0.2, -0.15) is 0 Å². The number of thiophene rings is 1. The highest BCUT2D eigenvalue weighted by molar-refractivity contribution is 14.1. The van der Waals surface area contributed by atoms with Crippen molar-refractivity contribution in [3.63, 3.8) is 0 Å². The molecule has 4 nitrogen and oxygen atoms in total. The molecule has 0 atom stereocenters. The summed E-state index contributed by atoms with van der Waals surface area (Å²) >= 11 is 3.56. The number of methoxy groups -OCH3 is 1. The number of aryl methyl sites for hydroxylation is 1. The third-order valence-corrected chi connectivity index (χ3v) is 4.43. The molecule has 1 N–H and O–H groups in total. The van der Waals surface area contributed by atoms with Crippen LogP contribution < -0.4 is 5.56 Å². The van der Waals surface area contributed by atoms with Crippen molar-refractivity contribution in [1.29, 1.82) is 0 Å². The minimum absolute atomic E-state index is 0.115. The molecule has 0 aromatic carbocycles. The number of hydrogen-bond acceptors (Lipinski definition) is 4. The molecule has 2 rings (SSSR count). The van der Waals surface area contributed by atoms with Gasteiger partial charge in [-0.25, -0.2) is 4.98 Å². The van der Waals surface area contributed by atoms with Gasteiger partial charge in [-0.3, -0.25) is 4.79 Å². The fourth-order valence-electron chi connectivity index (χ4n) is 1.46. The highest BCUT2D eigenvalue weighted by Crippen LogP contribution is 2.25. The summed E-state index contributed by atoms with van der Waals surface area (Å²) in [4.78, 5) is 20.0. The van der Waals surface area contributed by atoms with Crippen LogP contribution >= 0.6 is 33.9 Å². The van der Waals surface area contributed by atoms with Gasteiger partial charge in [-0.15, -0.1) is 11.3 Å². The van der Waals surface area contributed by atoms with Crippen LogP contribution in [0.25, 0.3) is 10.7 Å². The first-order chi connectivity index (χ1) is 8.13. The molecule has 0 amide bonds. The molecule has 6 heteroatoms. The number of aromatic nitrogens is 2. The van der Waals surface area contributed by atoms with Gasteiger partial charge in [0.1, 0.15) is 3.57 Å². The van der Waals surface area contributed by atoms with Gasteiger partial charge in [-0.05, 0) is 46.5 Å². The van der Waals surface area contributed by atoms with Crippen molar-refractivity contribution in [3.8, 4) is 10.7 Å². The molecule has 0 saturated heterocycles. The first kappa shape index (κ1) is 12.7. The average Bonchev–Trinajstić information content (AvgIpc) is 2.71. The van der Waals surface area contributed by atoms with Crippen LogP contribution in [-0.2, 0) is 11.3 Å². The standard InChI is InChI=1S/C11H11IN2O2S/c1-6-3-4-17-9(6)10-13-7(5-16-2)8(12)11(15)14-10/h3-4H,5H2,1-2H3,(H,13,14,15). The Morgan fingerprint density at radius 3 is 2.94 bits per heavy atom. The molecule has 0 bridgehead atoms. The van der Waals surface area contributed by atoms with E-state index in [1.807, 2.05) is 41.0 Å². The lowest BCUT2D eigenvalue weighted by molar-refractivity contribution is 0.180. The van der Waals surface area contributed by atoms with E-state index in [4.69, 9.17) is 4.74 Å². The van der Waals surface area contributed by atoms with Gasteiger partial charge in [0, 0.05) is 7.11 Å². The van der Waals surface area contributed by atoms with Crippen molar-refractivity contribution in [3.05, 3.63) is 36.6 Å². The maximum Gasteiger partial charge on any atom is 0.264 e. The predicted molar refractivity (Wildman–Crippen MR) is 76.3 cm³/mol. The lowest BCUT2D eigenvalue weighted by atomic mass is 10.3. The van der Waals surface area contributed by atoms with Gasteiger partial charge in [0.15, 0.2) is 5.82 Å². The minimum atomic E-state index is -0.115. The summed E-state index contributed by atoms with van der Waals surface area (Å²) in [5.41, 5.74) is 1.68. The van der Waals surface area contributed by atoms with Crippen molar-refractivity contribution in [1.82, 2.24) is 9.97 Å². The van der Waals surface area contributed by atoms with E-state index in [2.05, 4.69) is 9.97 Å². The molecule has 17 heavy (non-hydrogen) atoms. The molecule has 0 radical (unpaired) electrons. The first-order valence-corrected chi connectivity index (χ1v) is 6.91. The maximum atomic E-state index is 11.8. The molecule has 0 aliphatic rings. The highest BCUT2D eigenvalue weighted by atomic mass is 127. The van der Waals surface area contributed by atoms with Crippen LogP contribution in [0.2, 0.25) is 0 Å². The summed E-state index contributed by atoms with van der Waals surface area (Å²) < 4.78 is 5.64. The van der Waals surface area contributed by atoms with Gasteiger partial charge in [-0.1, -0.05) is 0 Å². The zero-order chi connectivity index (χ0) is 12.4. The van der Waals surface area contributed by atoms with Crippen molar-refractivity contribution in [2.75, 3.05) is 7.11 Å². The summed E-state index contributed by atoms with van der Waals surface area (Å²) in [6, 6.07) is 2.01. The number of ether oxygens (including phenoxy) is 1. The minimum Gasteiger partial charge on any atom is -0.378 e. The number of H-pyrrole nitrogens is 1. The SMILES string of the molecule is COCc1nc(-c2sccc2C)[nH]c(=O)c1I. The number of hydrogen-bond donors (Lipinski definition) is 1. The van der Waals surface area contributed by atoms with E-state index in [1.54, 1.807) is 18.4 Å². The van der Waals surface area contributed by atoms with E-state index >= 15 is 0 Å². The van der Waals surface area contributed by atoms with Gasteiger partial charge in [0.05, 0.1) is 17.2 Å². The quantitative estimate of drug-likeness (QED) is 0.854. The zero-order valence-electron chi connectivity index (χ0n) is 9.41. The third-order valence-electron chi connectivity index (χ3n) is 2.29. The fourth-order valence-corrected chi connectivity index (χ4v) is 2.74. The topological polar surface area (TPSA) is 55.0 Å². The second-order valence-electron chi connectivity index (χ2n) is 3.54. The van der Waals surface area contributed by atoms with Gasteiger partial charge >= 0.3 is 0 Å². The Morgan fingerprint density at radius 1 is 1.59 bits per heavy atom. The molecule has 2 aromatic heterocycles. The van der Waals surface area contributed by atoms with Gasteiger partial charge in [0.25, 0.3) is 5.56 Å². The second kappa shape index (κ2) is 5.28. The Hall–Kier alpha value is -0.730. The molecule has 90 valence electrons. The molecular formula is C11H11IN2O2S. The average molecular weight is 362 g/mol. The molecule has 0 aliphatic heterocycles. The van der Waals surface area contributed by atoms with Crippen LogP contribution in [-0.4, -0.2) is 17.1 Å². The molecule has 0 spiro atoms. The van der Waals surface area contributed by atoms with Crippen LogP contribution in [0.3, 0.4) is 0 Å². The maximum absolute atomic E-state index is 11.8. The van der Waals surface area contributed by atoms with E-state index < -0.39 is 0 Å². The Morgan fingerprint density at radius 2 is 2.35 bits per heavy atom. The van der Waals surface area contributed by atoms with Crippen molar-refractivity contribution >= 4 is 33.9 Å². The molecule has 0 aliphatic carbocycles. The van der Waals surface area contributed by atoms with Crippen LogP contribution in [0.15, 0.2) is 16.2 Å². The molecule has 2 heterocycles. The van der Waals surface area contributed by atoms with E-state index in [0.717, 1.165) is 10.4 Å². The molecular weight excluding hydrogens is 351 g/mol. The summed E-state index contributed by atoms with van der Waals surface area (Å²) in [6.07, 6.45) is 0. The Kier molecular flexibility index (Phi) is 3.95.